The zero-order chi connectivity index (χ0) is 15.7. The Balaban J connectivity index is 1.97. The number of rotatable bonds is 2. The first-order valence-corrected chi connectivity index (χ1v) is 7.44. The lowest BCUT2D eigenvalue weighted by Crippen LogP contribution is -2.15. The smallest absolute Gasteiger partial charge is 0.291 e. The van der Waals surface area contributed by atoms with Crippen LogP contribution in [0.25, 0.3) is 11.0 Å². The summed E-state index contributed by atoms with van der Waals surface area (Å²) >= 11 is 3.40. The van der Waals surface area contributed by atoms with E-state index in [4.69, 9.17) is 4.42 Å². The van der Waals surface area contributed by atoms with Gasteiger partial charge in [0.2, 0.25) is 0 Å². The maximum atomic E-state index is 12.3. The number of aryl methyl sites for hydroxylation is 1. The molecule has 110 valence electrons. The van der Waals surface area contributed by atoms with E-state index in [1.54, 1.807) is 30.3 Å². The summed E-state index contributed by atoms with van der Waals surface area (Å²) < 4.78 is 6.28. The second kappa shape index (κ2) is 5.77. The molecule has 0 spiro atoms. The molecular weight excluding hydrogens is 346 g/mol. The molecule has 0 aliphatic heterocycles. The fraction of sp³-hybridized carbons (Fsp3) is 0.0588. The molecule has 1 N–H and O–H groups in total. The van der Waals surface area contributed by atoms with Crippen LogP contribution in [0, 0.1) is 6.92 Å². The monoisotopic (exact) mass is 357 g/mol. The number of anilines is 1. The normalized spacial score (nSPS) is 10.6. The molecule has 0 unspecified atom stereocenters. The first-order valence-electron chi connectivity index (χ1n) is 6.65. The van der Waals surface area contributed by atoms with Gasteiger partial charge in [0.25, 0.3) is 5.91 Å². The number of carbonyl (C=O) groups is 1. The fourth-order valence-corrected chi connectivity index (χ4v) is 2.71. The summed E-state index contributed by atoms with van der Waals surface area (Å²) in [6.07, 6.45) is 0. The quantitative estimate of drug-likeness (QED) is 0.750. The molecule has 22 heavy (non-hydrogen) atoms. The van der Waals surface area contributed by atoms with Crippen LogP contribution in [0.1, 0.15) is 16.1 Å². The number of para-hydroxylation sites is 1. The van der Waals surface area contributed by atoms with Crippen LogP contribution in [0.2, 0.25) is 0 Å². The molecule has 1 amide bonds. The Morgan fingerprint density at radius 3 is 2.68 bits per heavy atom. The lowest BCUT2D eigenvalue weighted by molar-refractivity contribution is 0.0997. The number of hydrogen-bond acceptors (Lipinski definition) is 3. The number of hydrogen-bond donors (Lipinski definition) is 1. The number of amides is 1. The fourth-order valence-electron chi connectivity index (χ4n) is 2.12. The minimum atomic E-state index is -0.465. The molecule has 0 saturated carbocycles. The Labute approximate surface area is 134 Å². The van der Waals surface area contributed by atoms with E-state index >= 15 is 0 Å². The van der Waals surface area contributed by atoms with Crippen molar-refractivity contribution in [2.24, 2.45) is 0 Å². The molecular formula is C17H12BrNO3. The molecule has 0 aliphatic carbocycles. The van der Waals surface area contributed by atoms with Crippen LogP contribution in [-0.4, -0.2) is 5.91 Å². The second-order valence-electron chi connectivity index (χ2n) is 4.91. The van der Waals surface area contributed by atoms with Crippen molar-refractivity contribution in [2.45, 2.75) is 6.92 Å². The molecule has 3 aromatic rings. The first kappa shape index (κ1) is 14.5. The second-order valence-corrected chi connectivity index (χ2v) is 5.76. The van der Waals surface area contributed by atoms with Crippen molar-refractivity contribution in [3.8, 4) is 0 Å². The molecule has 3 rings (SSSR count). The van der Waals surface area contributed by atoms with Gasteiger partial charge in [-0.2, -0.15) is 0 Å². The Morgan fingerprint density at radius 2 is 1.91 bits per heavy atom. The van der Waals surface area contributed by atoms with E-state index in [0.717, 1.165) is 10.0 Å². The summed E-state index contributed by atoms with van der Waals surface area (Å²) in [7, 11) is 0. The highest BCUT2D eigenvalue weighted by Gasteiger charge is 2.13. The zero-order valence-corrected chi connectivity index (χ0v) is 13.3. The molecule has 0 saturated heterocycles. The van der Waals surface area contributed by atoms with Crippen LogP contribution in [-0.2, 0) is 0 Å². The van der Waals surface area contributed by atoms with Crippen LogP contribution < -0.4 is 10.7 Å². The van der Waals surface area contributed by atoms with Gasteiger partial charge in [0.1, 0.15) is 5.58 Å². The molecule has 0 aliphatic rings. The van der Waals surface area contributed by atoms with Crippen molar-refractivity contribution in [1.82, 2.24) is 0 Å². The van der Waals surface area contributed by atoms with Crippen molar-refractivity contribution < 1.29 is 9.21 Å². The number of carbonyl (C=O) groups excluding carboxylic acids is 1. The predicted octanol–water partition coefficient (Wildman–Crippen LogP) is 4.12. The first-order chi connectivity index (χ1) is 10.5. The summed E-state index contributed by atoms with van der Waals surface area (Å²) in [6.45, 7) is 1.96. The maximum absolute atomic E-state index is 12.3. The van der Waals surface area contributed by atoms with Gasteiger partial charge in [-0.3, -0.25) is 9.59 Å². The van der Waals surface area contributed by atoms with Crippen molar-refractivity contribution in [2.75, 3.05) is 5.32 Å². The largest absolute Gasteiger partial charge is 0.451 e. The summed E-state index contributed by atoms with van der Waals surface area (Å²) in [5.41, 5.74) is 1.84. The van der Waals surface area contributed by atoms with E-state index in [0.29, 0.717) is 16.7 Å². The molecule has 0 radical (unpaired) electrons. The molecule has 0 fully saturated rings. The van der Waals surface area contributed by atoms with Gasteiger partial charge >= 0.3 is 0 Å². The topological polar surface area (TPSA) is 59.3 Å². The molecule has 4 nitrogen and oxygen atoms in total. The van der Waals surface area contributed by atoms with E-state index in [9.17, 15) is 9.59 Å². The van der Waals surface area contributed by atoms with Gasteiger partial charge in [0.05, 0.1) is 11.1 Å². The summed E-state index contributed by atoms with van der Waals surface area (Å²) in [6, 6.07) is 13.6. The van der Waals surface area contributed by atoms with E-state index in [-0.39, 0.29) is 11.2 Å². The van der Waals surface area contributed by atoms with Gasteiger partial charge in [-0.1, -0.05) is 18.2 Å². The Kier molecular flexibility index (Phi) is 3.81. The van der Waals surface area contributed by atoms with Crippen LogP contribution in [0.15, 0.2) is 62.2 Å². The molecule has 1 heterocycles. The van der Waals surface area contributed by atoms with Crippen LogP contribution >= 0.6 is 15.9 Å². The average molecular weight is 358 g/mol. The number of halogens is 1. The van der Waals surface area contributed by atoms with Crippen LogP contribution in [0.3, 0.4) is 0 Å². The van der Waals surface area contributed by atoms with Gasteiger partial charge < -0.3 is 9.73 Å². The summed E-state index contributed by atoms with van der Waals surface area (Å²) in [5.74, 6) is -0.483. The molecule has 2 aromatic carbocycles. The summed E-state index contributed by atoms with van der Waals surface area (Å²) in [4.78, 5) is 24.3. The van der Waals surface area contributed by atoms with Crippen molar-refractivity contribution in [3.05, 3.63) is 74.6 Å². The van der Waals surface area contributed by atoms with Crippen molar-refractivity contribution >= 4 is 38.5 Å². The van der Waals surface area contributed by atoms with Gasteiger partial charge in [-0.25, -0.2) is 0 Å². The minimum absolute atomic E-state index is 0.0174. The highest BCUT2D eigenvalue weighted by molar-refractivity contribution is 9.10. The van der Waals surface area contributed by atoms with Crippen LogP contribution in [0.5, 0.6) is 0 Å². The zero-order valence-electron chi connectivity index (χ0n) is 11.7. The maximum Gasteiger partial charge on any atom is 0.291 e. The lowest BCUT2D eigenvalue weighted by Gasteiger charge is -2.08. The lowest BCUT2D eigenvalue weighted by atomic mass is 10.2. The van der Waals surface area contributed by atoms with Crippen LogP contribution in [0.4, 0.5) is 5.69 Å². The SMILES string of the molecule is Cc1ccc(NC(=O)c2cc(=O)c3ccccc3o2)c(Br)c1. The van der Waals surface area contributed by atoms with Gasteiger partial charge in [0.15, 0.2) is 11.2 Å². The standard InChI is InChI=1S/C17H12BrNO3/c1-10-6-7-13(12(18)8-10)19-17(21)16-9-14(20)11-4-2-3-5-15(11)22-16/h2-9H,1H3,(H,19,21). The highest BCUT2D eigenvalue weighted by atomic mass is 79.9. The van der Waals surface area contributed by atoms with Gasteiger partial charge in [-0.15, -0.1) is 0 Å². The average Bonchev–Trinajstić information content (AvgIpc) is 2.50. The van der Waals surface area contributed by atoms with Gasteiger partial charge in [-0.05, 0) is 52.7 Å². The third kappa shape index (κ3) is 2.80. The number of benzene rings is 2. The molecule has 0 bridgehead atoms. The number of nitrogens with one attached hydrogen (secondary N) is 1. The molecule has 0 atom stereocenters. The van der Waals surface area contributed by atoms with Crippen molar-refractivity contribution in [3.63, 3.8) is 0 Å². The summed E-state index contributed by atoms with van der Waals surface area (Å²) in [5, 5.41) is 3.18. The molecule has 1 aromatic heterocycles. The van der Waals surface area contributed by atoms with E-state index < -0.39 is 5.91 Å². The van der Waals surface area contributed by atoms with Gasteiger partial charge in [0, 0.05) is 10.5 Å². The highest BCUT2D eigenvalue weighted by Crippen LogP contribution is 2.24. The third-order valence-electron chi connectivity index (χ3n) is 3.23. The van der Waals surface area contributed by atoms with E-state index in [2.05, 4.69) is 21.2 Å². The van der Waals surface area contributed by atoms with Crippen molar-refractivity contribution in [1.29, 1.82) is 0 Å². The Bertz CT molecular complexity index is 931. The third-order valence-corrected chi connectivity index (χ3v) is 3.89. The Hall–Kier alpha value is -2.40. The number of fused-ring (bicyclic) bond motifs is 1. The Morgan fingerprint density at radius 1 is 1.14 bits per heavy atom. The molecule has 5 heteroatoms. The van der Waals surface area contributed by atoms with E-state index in [1.165, 1.54) is 6.07 Å². The predicted molar refractivity (Wildman–Crippen MR) is 89.3 cm³/mol. The van der Waals surface area contributed by atoms with E-state index in [1.807, 2.05) is 19.1 Å². The minimum Gasteiger partial charge on any atom is -0.451 e.